The molecule has 1 aliphatic rings. The molecule has 0 unspecified atom stereocenters. The molecule has 0 N–H and O–H groups in total. The number of para-hydroxylation sites is 1. The first-order valence-corrected chi connectivity index (χ1v) is 9.16. The third-order valence-corrected chi connectivity index (χ3v) is 4.22. The fraction of sp³-hybridized carbons (Fsp3) is 0.227. The second kappa shape index (κ2) is 9.05. The molecule has 1 heterocycles. The van der Waals surface area contributed by atoms with E-state index in [4.69, 9.17) is 9.47 Å². The maximum Gasteiger partial charge on any atom is 0.343 e. The number of ether oxygens (including phenoxy) is 3. The molecule has 1 amide bonds. The van der Waals surface area contributed by atoms with Gasteiger partial charge in [-0.1, -0.05) is 24.3 Å². The van der Waals surface area contributed by atoms with E-state index in [0.717, 1.165) is 5.56 Å². The number of anilines is 1. The van der Waals surface area contributed by atoms with Gasteiger partial charge in [0.2, 0.25) is 0 Å². The summed E-state index contributed by atoms with van der Waals surface area (Å²) in [6.07, 6.45) is 1.76. The van der Waals surface area contributed by atoms with Gasteiger partial charge in [-0.25, -0.2) is 4.79 Å². The summed E-state index contributed by atoms with van der Waals surface area (Å²) in [6.45, 7) is 3.86. The molecule has 0 aliphatic carbocycles. The molecule has 0 bridgehead atoms. The highest BCUT2D eigenvalue weighted by Crippen LogP contribution is 2.31. The molecule has 0 saturated carbocycles. The van der Waals surface area contributed by atoms with Crippen LogP contribution in [0.2, 0.25) is 0 Å². The van der Waals surface area contributed by atoms with Crippen LogP contribution in [0, 0.1) is 0 Å². The highest BCUT2D eigenvalue weighted by Gasteiger charge is 2.28. The van der Waals surface area contributed by atoms with Gasteiger partial charge >= 0.3 is 5.97 Å². The largest absolute Gasteiger partial charge is 0.490 e. The number of carbonyl (C=O) groups excluding carboxylic acids is 2. The summed E-state index contributed by atoms with van der Waals surface area (Å²) >= 11 is 0. The van der Waals surface area contributed by atoms with Crippen LogP contribution >= 0.6 is 0 Å². The number of amides is 1. The van der Waals surface area contributed by atoms with Crippen molar-refractivity contribution in [1.29, 1.82) is 0 Å². The Bertz CT molecular complexity index is 966. The predicted molar refractivity (Wildman–Crippen MR) is 110 cm³/mol. The molecule has 0 saturated heterocycles. The molecule has 1 aliphatic heterocycles. The normalized spacial score (nSPS) is 14.7. The molecule has 2 aromatic carbocycles. The monoisotopic (exact) mass is 394 g/mol. The zero-order chi connectivity index (χ0) is 20.8. The van der Waals surface area contributed by atoms with E-state index >= 15 is 0 Å². The lowest BCUT2D eigenvalue weighted by atomic mass is 10.1. The number of methoxy groups -OCH3 is 1. The van der Waals surface area contributed by atoms with Gasteiger partial charge in [-0.3, -0.25) is 4.79 Å². The van der Waals surface area contributed by atoms with Gasteiger partial charge in [0.25, 0.3) is 5.91 Å². The molecule has 3 rings (SSSR count). The predicted octanol–water partition coefficient (Wildman–Crippen LogP) is 3.44. The smallest absolute Gasteiger partial charge is 0.343 e. The minimum atomic E-state index is -0.483. The Morgan fingerprint density at radius 3 is 2.55 bits per heavy atom. The van der Waals surface area contributed by atoms with Crippen molar-refractivity contribution in [3.05, 3.63) is 59.7 Å². The maximum atomic E-state index is 12.8. The number of hydrogen-bond acceptors (Lipinski definition) is 6. The Morgan fingerprint density at radius 1 is 1.10 bits per heavy atom. The van der Waals surface area contributed by atoms with Gasteiger partial charge < -0.3 is 14.2 Å². The van der Waals surface area contributed by atoms with Crippen LogP contribution in [0.5, 0.6) is 11.5 Å². The number of hydrogen-bond donors (Lipinski definition) is 0. The quantitative estimate of drug-likeness (QED) is 0.531. The van der Waals surface area contributed by atoms with E-state index in [1.807, 2.05) is 37.3 Å². The summed E-state index contributed by atoms with van der Waals surface area (Å²) in [4.78, 5) is 24.2. The van der Waals surface area contributed by atoms with E-state index in [-0.39, 0.29) is 12.5 Å². The third kappa shape index (κ3) is 4.63. The minimum absolute atomic E-state index is 0.197. The van der Waals surface area contributed by atoms with Crippen LogP contribution in [0.4, 0.5) is 5.69 Å². The SMILES string of the molecule is CCOc1cc(C=C2C(=O)N(c3ccccc3)N=C2C)ccc1OCC(=O)OC. The molecule has 0 atom stereocenters. The number of benzene rings is 2. The van der Waals surface area contributed by atoms with E-state index in [0.29, 0.717) is 35.1 Å². The van der Waals surface area contributed by atoms with E-state index in [1.165, 1.54) is 12.1 Å². The molecule has 29 heavy (non-hydrogen) atoms. The fourth-order valence-electron chi connectivity index (χ4n) is 2.79. The van der Waals surface area contributed by atoms with Crippen molar-refractivity contribution in [2.45, 2.75) is 13.8 Å². The van der Waals surface area contributed by atoms with Gasteiger partial charge in [-0.2, -0.15) is 10.1 Å². The second-order valence-electron chi connectivity index (χ2n) is 6.20. The van der Waals surface area contributed by atoms with Gasteiger partial charge in [-0.15, -0.1) is 0 Å². The summed E-state index contributed by atoms with van der Waals surface area (Å²) in [5, 5.41) is 5.76. The lowest BCUT2D eigenvalue weighted by Crippen LogP contribution is -2.21. The van der Waals surface area contributed by atoms with Gasteiger partial charge in [-0.05, 0) is 49.8 Å². The Morgan fingerprint density at radius 2 is 1.86 bits per heavy atom. The van der Waals surface area contributed by atoms with Crippen LogP contribution in [0.1, 0.15) is 19.4 Å². The van der Waals surface area contributed by atoms with Crippen molar-refractivity contribution in [2.24, 2.45) is 5.10 Å². The summed E-state index contributed by atoms with van der Waals surface area (Å²) in [6, 6.07) is 14.5. The molecule has 7 nitrogen and oxygen atoms in total. The standard InChI is InChI=1S/C22H22N2O5/c1-4-28-20-13-16(10-11-19(20)29-14-21(25)27-3)12-18-15(2)23-24(22(18)26)17-8-6-5-7-9-17/h5-13H,4,14H2,1-3H3. The van der Waals surface area contributed by atoms with Crippen LogP contribution in [-0.2, 0) is 14.3 Å². The highest BCUT2D eigenvalue weighted by molar-refractivity contribution is 6.32. The number of nitrogens with zero attached hydrogens (tertiary/aromatic N) is 2. The molecule has 2 aromatic rings. The Balaban J connectivity index is 1.86. The average Bonchev–Trinajstić information content (AvgIpc) is 3.02. The van der Waals surface area contributed by atoms with Crippen molar-refractivity contribution < 1.29 is 23.8 Å². The van der Waals surface area contributed by atoms with Crippen molar-refractivity contribution in [3.63, 3.8) is 0 Å². The molecule has 0 aromatic heterocycles. The second-order valence-corrected chi connectivity index (χ2v) is 6.20. The van der Waals surface area contributed by atoms with Gasteiger partial charge in [0.15, 0.2) is 18.1 Å². The summed E-state index contributed by atoms with van der Waals surface area (Å²) in [5.41, 5.74) is 2.59. The maximum absolute atomic E-state index is 12.8. The first kappa shape index (κ1) is 20.1. The van der Waals surface area contributed by atoms with Crippen molar-refractivity contribution in [1.82, 2.24) is 0 Å². The van der Waals surface area contributed by atoms with E-state index in [1.54, 1.807) is 31.2 Å². The van der Waals surface area contributed by atoms with Crippen LogP contribution in [-0.4, -0.2) is 37.9 Å². The Hall–Kier alpha value is -3.61. The van der Waals surface area contributed by atoms with Crippen LogP contribution in [0.3, 0.4) is 0 Å². The number of hydrazone groups is 1. The third-order valence-electron chi connectivity index (χ3n) is 4.22. The Labute approximate surface area is 169 Å². The topological polar surface area (TPSA) is 77.4 Å². The zero-order valence-electron chi connectivity index (χ0n) is 16.5. The van der Waals surface area contributed by atoms with Crippen LogP contribution in [0.15, 0.2) is 59.2 Å². The van der Waals surface area contributed by atoms with Crippen LogP contribution < -0.4 is 14.5 Å². The average molecular weight is 394 g/mol. The lowest BCUT2D eigenvalue weighted by molar-refractivity contribution is -0.142. The molecular weight excluding hydrogens is 372 g/mol. The summed E-state index contributed by atoms with van der Waals surface area (Å²) in [5.74, 6) is 0.222. The summed E-state index contributed by atoms with van der Waals surface area (Å²) in [7, 11) is 1.30. The van der Waals surface area contributed by atoms with Crippen molar-refractivity contribution >= 4 is 29.4 Å². The number of esters is 1. The fourth-order valence-corrected chi connectivity index (χ4v) is 2.79. The minimum Gasteiger partial charge on any atom is -0.490 e. The first-order valence-electron chi connectivity index (χ1n) is 9.16. The molecule has 0 radical (unpaired) electrons. The van der Waals surface area contributed by atoms with Gasteiger partial charge in [0, 0.05) is 0 Å². The zero-order valence-corrected chi connectivity index (χ0v) is 16.5. The summed E-state index contributed by atoms with van der Waals surface area (Å²) < 4.78 is 15.7. The molecule has 150 valence electrons. The van der Waals surface area contributed by atoms with Gasteiger partial charge in [0.1, 0.15) is 0 Å². The van der Waals surface area contributed by atoms with Gasteiger partial charge in [0.05, 0.1) is 30.7 Å². The molecule has 0 spiro atoms. The number of rotatable bonds is 7. The molecule has 7 heteroatoms. The Kier molecular flexibility index (Phi) is 6.29. The number of carbonyl (C=O) groups is 2. The van der Waals surface area contributed by atoms with Crippen molar-refractivity contribution in [2.75, 3.05) is 25.3 Å². The van der Waals surface area contributed by atoms with E-state index in [9.17, 15) is 9.59 Å². The van der Waals surface area contributed by atoms with E-state index < -0.39 is 5.97 Å². The van der Waals surface area contributed by atoms with E-state index in [2.05, 4.69) is 9.84 Å². The first-order chi connectivity index (χ1) is 14.0. The molecular formula is C22H22N2O5. The van der Waals surface area contributed by atoms with Crippen molar-refractivity contribution in [3.8, 4) is 11.5 Å². The lowest BCUT2D eigenvalue weighted by Gasteiger charge is -2.12. The highest BCUT2D eigenvalue weighted by atomic mass is 16.6. The van der Waals surface area contributed by atoms with Crippen LogP contribution in [0.25, 0.3) is 6.08 Å². The molecule has 0 fully saturated rings.